The summed E-state index contributed by atoms with van der Waals surface area (Å²) in [5, 5.41) is 3.02. The number of nitrogens with zero attached hydrogens (tertiary/aromatic N) is 2. The average molecular weight is 705 g/mol. The van der Waals surface area contributed by atoms with E-state index in [1.165, 1.54) is 9.21 Å². The second-order valence-corrected chi connectivity index (χ2v) is 14.4. The Bertz CT molecular complexity index is 1710. The second-order valence-electron chi connectivity index (χ2n) is 11.7. The summed E-state index contributed by atoms with van der Waals surface area (Å²) in [5.41, 5.74) is 4.76. The number of rotatable bonds is 14. The molecular formula is C37H42BrN3O4S. The maximum Gasteiger partial charge on any atom is 0.264 e. The number of carbonyl (C=O) groups is 2. The molecule has 1 N–H and O–H groups in total. The molecule has 7 nitrogen and oxygen atoms in total. The summed E-state index contributed by atoms with van der Waals surface area (Å²) in [6.07, 6.45) is 1.99. The fraction of sp³-hybridized carbons (Fsp3) is 0.297. The predicted octanol–water partition coefficient (Wildman–Crippen LogP) is 7.13. The molecule has 0 aromatic heterocycles. The van der Waals surface area contributed by atoms with Crippen LogP contribution in [0.25, 0.3) is 0 Å². The molecule has 0 fully saturated rings. The van der Waals surface area contributed by atoms with E-state index in [2.05, 4.69) is 21.2 Å². The quantitative estimate of drug-likeness (QED) is 0.142. The van der Waals surface area contributed by atoms with Crippen molar-refractivity contribution >= 4 is 43.5 Å². The first kappa shape index (κ1) is 34.9. The Morgan fingerprint density at radius 3 is 2.04 bits per heavy atom. The molecule has 0 heterocycles. The van der Waals surface area contributed by atoms with E-state index in [9.17, 15) is 18.0 Å². The third kappa shape index (κ3) is 9.30. The fourth-order valence-electron chi connectivity index (χ4n) is 5.31. The van der Waals surface area contributed by atoms with Gasteiger partial charge in [0.25, 0.3) is 10.0 Å². The number of nitrogens with one attached hydrogen (secondary N) is 1. The third-order valence-electron chi connectivity index (χ3n) is 7.75. The zero-order valence-electron chi connectivity index (χ0n) is 26.9. The van der Waals surface area contributed by atoms with Gasteiger partial charge in [0, 0.05) is 24.0 Å². The Morgan fingerprint density at radius 1 is 0.804 bits per heavy atom. The summed E-state index contributed by atoms with van der Waals surface area (Å²) < 4.78 is 30.6. The van der Waals surface area contributed by atoms with Crippen molar-refractivity contribution in [3.8, 4) is 0 Å². The molecule has 0 bridgehead atoms. The number of hydrogen-bond donors (Lipinski definition) is 1. The van der Waals surface area contributed by atoms with E-state index >= 15 is 0 Å². The lowest BCUT2D eigenvalue weighted by Gasteiger charge is -2.34. The van der Waals surface area contributed by atoms with E-state index < -0.39 is 28.5 Å². The normalized spacial score (nSPS) is 11.9. The Hall–Kier alpha value is -3.95. The number of benzene rings is 4. The first-order valence-corrected chi connectivity index (χ1v) is 17.7. The molecule has 4 rings (SSSR count). The third-order valence-corrected chi connectivity index (χ3v) is 10.1. The standard InChI is InChI=1S/C37H42BrN3O4S/c1-5-6-20-39-37(43)35(24-30-10-8-7-9-11-30)40(25-31-14-16-32(38)17-15-31)36(42)26-41(33-22-28(3)21-29(4)23-33)46(44,45)34-18-12-27(2)13-19-34/h7-19,21-23,35H,5-6,20,24-26H2,1-4H3,(H,39,43). The van der Waals surface area contributed by atoms with Crippen molar-refractivity contribution in [1.82, 2.24) is 10.2 Å². The molecule has 0 aliphatic rings. The molecule has 4 aromatic carbocycles. The molecule has 9 heteroatoms. The molecule has 242 valence electrons. The van der Waals surface area contributed by atoms with Gasteiger partial charge in [0.1, 0.15) is 12.6 Å². The monoisotopic (exact) mass is 703 g/mol. The minimum absolute atomic E-state index is 0.0858. The first-order valence-electron chi connectivity index (χ1n) is 15.5. The Morgan fingerprint density at radius 2 is 1.43 bits per heavy atom. The van der Waals surface area contributed by atoms with Gasteiger partial charge in [-0.25, -0.2) is 8.42 Å². The zero-order chi connectivity index (χ0) is 33.3. The molecule has 2 amide bonds. The Labute approximate surface area is 281 Å². The second kappa shape index (κ2) is 16.1. The summed E-state index contributed by atoms with van der Waals surface area (Å²) in [5.74, 6) is -0.758. The van der Waals surface area contributed by atoms with Gasteiger partial charge >= 0.3 is 0 Å². The van der Waals surface area contributed by atoms with E-state index in [4.69, 9.17) is 0 Å². The lowest BCUT2D eigenvalue weighted by Crippen LogP contribution is -2.53. The summed E-state index contributed by atoms with van der Waals surface area (Å²) in [6, 6.07) is 28.3. The topological polar surface area (TPSA) is 86.8 Å². The maximum atomic E-state index is 14.6. The van der Waals surface area contributed by atoms with E-state index in [1.807, 2.05) is 88.4 Å². The van der Waals surface area contributed by atoms with Crippen LogP contribution in [0.3, 0.4) is 0 Å². The molecule has 1 atom stereocenters. The molecule has 0 saturated carbocycles. The highest BCUT2D eigenvalue weighted by Gasteiger charge is 2.34. The average Bonchev–Trinajstić information content (AvgIpc) is 3.02. The van der Waals surface area contributed by atoms with Crippen LogP contribution in [-0.2, 0) is 32.6 Å². The molecule has 46 heavy (non-hydrogen) atoms. The number of halogens is 1. The van der Waals surface area contributed by atoms with Crippen LogP contribution in [0.1, 0.15) is 47.6 Å². The van der Waals surface area contributed by atoms with Gasteiger partial charge in [-0.3, -0.25) is 13.9 Å². The maximum absolute atomic E-state index is 14.6. The van der Waals surface area contributed by atoms with Crippen molar-refractivity contribution in [2.75, 3.05) is 17.4 Å². The van der Waals surface area contributed by atoms with E-state index in [0.29, 0.717) is 12.2 Å². The summed E-state index contributed by atoms with van der Waals surface area (Å²) in [7, 11) is -4.15. The summed E-state index contributed by atoms with van der Waals surface area (Å²) in [6.45, 7) is 7.85. The van der Waals surface area contributed by atoms with Gasteiger partial charge < -0.3 is 10.2 Å². The fourth-order valence-corrected chi connectivity index (χ4v) is 6.97. The molecular weight excluding hydrogens is 662 g/mol. The SMILES string of the molecule is CCCCNC(=O)C(Cc1ccccc1)N(Cc1ccc(Br)cc1)C(=O)CN(c1cc(C)cc(C)c1)S(=O)(=O)c1ccc(C)cc1. The minimum Gasteiger partial charge on any atom is -0.354 e. The lowest BCUT2D eigenvalue weighted by atomic mass is 10.0. The van der Waals surface area contributed by atoms with Gasteiger partial charge in [0.05, 0.1) is 10.6 Å². The zero-order valence-corrected chi connectivity index (χ0v) is 29.3. The van der Waals surface area contributed by atoms with Crippen LogP contribution in [0.5, 0.6) is 0 Å². The van der Waals surface area contributed by atoms with Crippen LogP contribution in [0.2, 0.25) is 0 Å². The molecule has 0 saturated heterocycles. The van der Waals surface area contributed by atoms with Crippen LogP contribution in [0, 0.1) is 20.8 Å². The number of sulfonamides is 1. The van der Waals surface area contributed by atoms with E-state index in [0.717, 1.165) is 45.1 Å². The van der Waals surface area contributed by atoms with Crippen LogP contribution < -0.4 is 9.62 Å². The van der Waals surface area contributed by atoms with E-state index in [-0.39, 0.29) is 23.8 Å². The van der Waals surface area contributed by atoms with E-state index in [1.54, 1.807) is 36.4 Å². The van der Waals surface area contributed by atoms with Gasteiger partial charge in [-0.05, 0) is 85.8 Å². The Kier molecular flexibility index (Phi) is 12.2. The number of hydrogen-bond acceptors (Lipinski definition) is 4. The van der Waals surface area contributed by atoms with Crippen molar-refractivity contribution in [3.05, 3.63) is 129 Å². The van der Waals surface area contributed by atoms with Gasteiger partial charge in [-0.1, -0.05) is 95.5 Å². The van der Waals surface area contributed by atoms with Gasteiger partial charge in [0.15, 0.2) is 0 Å². The number of amides is 2. The van der Waals surface area contributed by atoms with Crippen molar-refractivity contribution < 1.29 is 18.0 Å². The van der Waals surface area contributed by atoms with Crippen LogP contribution in [-0.4, -0.2) is 44.3 Å². The highest BCUT2D eigenvalue weighted by Crippen LogP contribution is 2.27. The minimum atomic E-state index is -4.15. The van der Waals surface area contributed by atoms with Gasteiger partial charge in [-0.15, -0.1) is 0 Å². The highest BCUT2D eigenvalue weighted by molar-refractivity contribution is 9.10. The molecule has 1 unspecified atom stereocenters. The van der Waals surface area contributed by atoms with Crippen LogP contribution in [0.4, 0.5) is 5.69 Å². The molecule has 0 aliphatic heterocycles. The van der Waals surface area contributed by atoms with Gasteiger partial charge in [0.2, 0.25) is 11.8 Å². The predicted molar refractivity (Wildman–Crippen MR) is 188 cm³/mol. The number of carbonyl (C=O) groups excluding carboxylic acids is 2. The number of anilines is 1. The van der Waals surface area contributed by atoms with Crippen molar-refractivity contribution in [2.45, 2.75) is 64.4 Å². The van der Waals surface area contributed by atoms with Crippen LogP contribution in [0.15, 0.2) is 106 Å². The van der Waals surface area contributed by atoms with Crippen molar-refractivity contribution in [1.29, 1.82) is 0 Å². The van der Waals surface area contributed by atoms with Crippen LogP contribution >= 0.6 is 15.9 Å². The summed E-state index contributed by atoms with van der Waals surface area (Å²) >= 11 is 3.47. The largest absolute Gasteiger partial charge is 0.354 e. The number of aryl methyl sites for hydroxylation is 3. The molecule has 4 aromatic rings. The van der Waals surface area contributed by atoms with Crippen molar-refractivity contribution in [3.63, 3.8) is 0 Å². The first-order chi connectivity index (χ1) is 22.0. The van der Waals surface area contributed by atoms with Gasteiger partial charge in [-0.2, -0.15) is 0 Å². The molecule has 0 radical (unpaired) electrons. The highest BCUT2D eigenvalue weighted by atomic mass is 79.9. The number of unbranched alkanes of at least 4 members (excludes halogenated alkanes) is 1. The van der Waals surface area contributed by atoms with Crippen molar-refractivity contribution in [2.24, 2.45) is 0 Å². The lowest BCUT2D eigenvalue weighted by molar-refractivity contribution is -0.140. The molecule has 0 spiro atoms. The Balaban J connectivity index is 1.81. The summed E-state index contributed by atoms with van der Waals surface area (Å²) in [4.78, 5) is 30.1. The smallest absolute Gasteiger partial charge is 0.264 e. The molecule has 0 aliphatic carbocycles.